The van der Waals surface area contributed by atoms with Crippen LogP contribution in [-0.4, -0.2) is 24.4 Å². The molecule has 0 bridgehead atoms. The molecule has 0 aromatic heterocycles. The summed E-state index contributed by atoms with van der Waals surface area (Å²) in [5.41, 5.74) is -0.188. The summed E-state index contributed by atoms with van der Waals surface area (Å²) in [6.45, 7) is 0.884. The van der Waals surface area contributed by atoms with Crippen LogP contribution in [0.4, 0.5) is 0 Å². The zero-order valence-electron chi connectivity index (χ0n) is 10.1. The van der Waals surface area contributed by atoms with E-state index in [1.165, 1.54) is 0 Å². The molecule has 100 valence electrons. The van der Waals surface area contributed by atoms with Crippen molar-refractivity contribution in [1.29, 1.82) is 0 Å². The first-order valence-corrected chi connectivity index (χ1v) is 6.88. The van der Waals surface area contributed by atoms with Crippen LogP contribution in [-0.2, 0) is 10.3 Å². The number of hydrogen-bond donors (Lipinski definition) is 1. The number of aliphatic imine (C=N–C) groups is 1. The molecule has 0 saturated heterocycles. The van der Waals surface area contributed by atoms with Gasteiger partial charge in [0.2, 0.25) is 6.08 Å². The van der Waals surface area contributed by atoms with Gasteiger partial charge in [-0.3, -0.25) is 0 Å². The molecule has 0 unspecified atom stereocenters. The molecule has 5 nitrogen and oxygen atoms in total. The van der Waals surface area contributed by atoms with Gasteiger partial charge in [-0.05, 0) is 35.2 Å². The Morgan fingerprint density at radius 3 is 2.74 bits per heavy atom. The summed E-state index contributed by atoms with van der Waals surface area (Å²) < 4.78 is 11.7. The third-order valence-electron chi connectivity index (χ3n) is 3.66. The fraction of sp³-hybridized carbons (Fsp3) is 0.462. The minimum Gasteiger partial charge on any atom is -0.506 e. The maximum Gasteiger partial charge on any atom is 0.235 e. The SMILES string of the molecule is O=C=NC1(c2c(O)c(Br)cc3c2OCCO3)CCC1. The Kier molecular flexibility index (Phi) is 2.99. The van der Waals surface area contributed by atoms with Crippen molar-refractivity contribution in [2.75, 3.05) is 13.2 Å². The molecule has 19 heavy (non-hydrogen) atoms. The Bertz CT molecular complexity index is 576. The first kappa shape index (κ1) is 12.5. The molecular formula is C13H12BrNO4. The lowest BCUT2D eigenvalue weighted by Gasteiger charge is -2.39. The van der Waals surface area contributed by atoms with E-state index in [1.54, 1.807) is 12.1 Å². The van der Waals surface area contributed by atoms with E-state index in [1.807, 2.05) is 0 Å². The molecular weight excluding hydrogens is 314 g/mol. The largest absolute Gasteiger partial charge is 0.506 e. The predicted octanol–water partition coefficient (Wildman–Crippen LogP) is 2.64. The summed E-state index contributed by atoms with van der Waals surface area (Å²) in [7, 11) is 0. The monoisotopic (exact) mass is 325 g/mol. The van der Waals surface area contributed by atoms with Crippen LogP contribution < -0.4 is 9.47 Å². The summed E-state index contributed by atoms with van der Waals surface area (Å²) in [6.07, 6.45) is 3.96. The van der Waals surface area contributed by atoms with E-state index in [2.05, 4.69) is 20.9 Å². The van der Waals surface area contributed by atoms with Crippen LogP contribution in [0.2, 0.25) is 0 Å². The molecule has 1 saturated carbocycles. The summed E-state index contributed by atoms with van der Waals surface area (Å²) in [5.74, 6) is 1.12. The molecule has 3 rings (SSSR count). The Hall–Kier alpha value is -1.52. The maximum atomic E-state index is 10.7. The van der Waals surface area contributed by atoms with Crippen molar-refractivity contribution in [3.05, 3.63) is 16.1 Å². The zero-order valence-corrected chi connectivity index (χ0v) is 11.7. The normalized spacial score (nSPS) is 19.2. The molecule has 6 heteroatoms. The summed E-state index contributed by atoms with van der Waals surface area (Å²) in [6, 6.07) is 1.67. The Balaban J connectivity index is 2.24. The van der Waals surface area contributed by atoms with Crippen LogP contribution in [0.1, 0.15) is 24.8 Å². The molecule has 1 aliphatic carbocycles. The van der Waals surface area contributed by atoms with Gasteiger partial charge in [0.05, 0.1) is 10.0 Å². The Morgan fingerprint density at radius 1 is 1.37 bits per heavy atom. The number of hydrogen-bond acceptors (Lipinski definition) is 5. The number of rotatable bonds is 2. The summed E-state index contributed by atoms with van der Waals surface area (Å²) in [4.78, 5) is 14.6. The third-order valence-corrected chi connectivity index (χ3v) is 4.27. The van der Waals surface area contributed by atoms with Crippen LogP contribution in [0.5, 0.6) is 17.2 Å². The van der Waals surface area contributed by atoms with Gasteiger partial charge in [0.15, 0.2) is 11.5 Å². The minimum atomic E-state index is -0.722. The molecule has 1 aliphatic heterocycles. The van der Waals surface area contributed by atoms with Crippen LogP contribution in [0.3, 0.4) is 0 Å². The second kappa shape index (κ2) is 4.54. The number of fused-ring (bicyclic) bond motifs is 1. The number of phenols is 1. The second-order valence-corrected chi connectivity index (χ2v) is 5.55. The highest BCUT2D eigenvalue weighted by Crippen LogP contribution is 2.56. The van der Waals surface area contributed by atoms with Crippen molar-refractivity contribution in [2.24, 2.45) is 4.99 Å². The van der Waals surface area contributed by atoms with E-state index in [4.69, 9.17) is 9.47 Å². The Morgan fingerprint density at radius 2 is 2.11 bits per heavy atom. The number of halogens is 1. The first-order valence-electron chi connectivity index (χ1n) is 6.08. The number of carbonyl (C=O) groups excluding carboxylic acids is 1. The van der Waals surface area contributed by atoms with Crippen molar-refractivity contribution in [2.45, 2.75) is 24.8 Å². The van der Waals surface area contributed by atoms with Gasteiger partial charge in [0.25, 0.3) is 0 Å². The molecule has 1 aromatic carbocycles. The van der Waals surface area contributed by atoms with Crippen LogP contribution >= 0.6 is 15.9 Å². The highest BCUT2D eigenvalue weighted by molar-refractivity contribution is 9.10. The maximum absolute atomic E-state index is 10.7. The molecule has 0 spiro atoms. The lowest BCUT2D eigenvalue weighted by Crippen LogP contribution is -2.33. The molecule has 2 aliphatic rings. The fourth-order valence-corrected chi connectivity index (χ4v) is 3.00. The van der Waals surface area contributed by atoms with Crippen molar-refractivity contribution in [3.8, 4) is 17.2 Å². The standard InChI is InChI=1S/C13H12BrNO4/c14-8-6-9-12(19-5-4-18-9)10(11(8)17)13(15-7-16)2-1-3-13/h6,17H,1-5H2. The lowest BCUT2D eigenvalue weighted by atomic mass is 9.71. The van der Waals surface area contributed by atoms with Gasteiger partial charge < -0.3 is 14.6 Å². The molecule has 0 atom stereocenters. The van der Waals surface area contributed by atoms with Gasteiger partial charge in [-0.25, -0.2) is 4.79 Å². The van der Waals surface area contributed by atoms with E-state index in [-0.39, 0.29) is 5.75 Å². The molecule has 0 amide bonds. The van der Waals surface area contributed by atoms with E-state index in [9.17, 15) is 9.90 Å². The second-order valence-electron chi connectivity index (χ2n) is 4.69. The average Bonchev–Trinajstić information content (AvgIpc) is 2.36. The summed E-state index contributed by atoms with van der Waals surface area (Å²) in [5, 5.41) is 10.3. The lowest BCUT2D eigenvalue weighted by molar-refractivity contribution is 0.157. The molecule has 0 radical (unpaired) electrons. The minimum absolute atomic E-state index is 0.0583. The van der Waals surface area contributed by atoms with Crippen LogP contribution in [0, 0.1) is 0 Å². The van der Waals surface area contributed by atoms with Crippen molar-refractivity contribution < 1.29 is 19.4 Å². The molecule has 1 N–H and O–H groups in total. The number of ether oxygens (including phenoxy) is 2. The van der Waals surface area contributed by atoms with Gasteiger partial charge in [-0.15, -0.1) is 0 Å². The number of isocyanates is 1. The molecule has 1 fully saturated rings. The smallest absolute Gasteiger partial charge is 0.235 e. The number of aromatic hydroxyl groups is 1. The van der Waals surface area contributed by atoms with E-state index in [0.717, 1.165) is 6.42 Å². The van der Waals surface area contributed by atoms with Crippen LogP contribution in [0.25, 0.3) is 0 Å². The van der Waals surface area contributed by atoms with Gasteiger partial charge >= 0.3 is 0 Å². The average molecular weight is 326 g/mol. The first-order chi connectivity index (χ1) is 9.18. The number of phenolic OH excluding ortho intramolecular Hbond substituents is 1. The van der Waals surface area contributed by atoms with Gasteiger partial charge in [0.1, 0.15) is 24.5 Å². The van der Waals surface area contributed by atoms with E-state index in [0.29, 0.717) is 47.6 Å². The summed E-state index contributed by atoms with van der Waals surface area (Å²) >= 11 is 3.30. The topological polar surface area (TPSA) is 68.1 Å². The van der Waals surface area contributed by atoms with Crippen LogP contribution in [0.15, 0.2) is 15.5 Å². The third kappa shape index (κ3) is 1.83. The van der Waals surface area contributed by atoms with Gasteiger partial charge in [-0.1, -0.05) is 0 Å². The fourth-order valence-electron chi connectivity index (χ4n) is 2.59. The van der Waals surface area contributed by atoms with Crippen molar-refractivity contribution in [3.63, 3.8) is 0 Å². The molecule has 1 aromatic rings. The highest BCUT2D eigenvalue weighted by Gasteiger charge is 2.45. The quantitative estimate of drug-likeness (QED) is 0.670. The molecule has 1 heterocycles. The van der Waals surface area contributed by atoms with Gasteiger partial charge in [0, 0.05) is 6.07 Å². The number of benzene rings is 1. The predicted molar refractivity (Wildman–Crippen MR) is 70.4 cm³/mol. The Labute approximate surface area is 118 Å². The highest BCUT2D eigenvalue weighted by atomic mass is 79.9. The van der Waals surface area contributed by atoms with E-state index >= 15 is 0 Å². The number of nitrogens with zero attached hydrogens (tertiary/aromatic N) is 1. The van der Waals surface area contributed by atoms with E-state index < -0.39 is 5.54 Å². The van der Waals surface area contributed by atoms with Gasteiger partial charge in [-0.2, -0.15) is 4.99 Å². The van der Waals surface area contributed by atoms with Crippen molar-refractivity contribution >= 4 is 22.0 Å². The zero-order chi connectivity index (χ0) is 13.5. The van der Waals surface area contributed by atoms with Crippen molar-refractivity contribution in [1.82, 2.24) is 0 Å².